The summed E-state index contributed by atoms with van der Waals surface area (Å²) in [6.07, 6.45) is 8.09. The molecule has 4 nitrogen and oxygen atoms in total. The van der Waals surface area contributed by atoms with Crippen LogP contribution >= 0.6 is 0 Å². The van der Waals surface area contributed by atoms with Crippen LogP contribution in [0.1, 0.15) is 120 Å². The highest BCUT2D eigenvalue weighted by Crippen LogP contribution is 2.48. The Hall–Kier alpha value is -0.160. The Bertz CT molecular complexity index is 384. The predicted octanol–water partition coefficient (Wildman–Crippen LogP) is 7.36. The van der Waals surface area contributed by atoms with Crippen LogP contribution < -0.4 is 0 Å². The molecule has 0 radical (unpaired) electrons. The van der Waals surface area contributed by atoms with Crippen LogP contribution in [0, 0.1) is 11.3 Å². The van der Waals surface area contributed by atoms with Crippen molar-refractivity contribution in [2.75, 3.05) is 0 Å². The van der Waals surface area contributed by atoms with Gasteiger partial charge in [-0.1, -0.05) is 62.3 Å². The van der Waals surface area contributed by atoms with Crippen LogP contribution in [0.2, 0.25) is 0 Å². The van der Waals surface area contributed by atoms with Crippen molar-refractivity contribution in [3.63, 3.8) is 0 Å². The molecule has 0 aromatic heterocycles. The molecule has 0 bridgehead atoms. The molecule has 0 aliphatic heterocycles. The summed E-state index contributed by atoms with van der Waals surface area (Å²) in [5.41, 5.74) is -0.423. The van der Waals surface area contributed by atoms with E-state index >= 15 is 0 Å². The lowest BCUT2D eigenvalue weighted by atomic mass is 9.67. The predicted molar refractivity (Wildman–Crippen MR) is 111 cm³/mol. The molecule has 1 unspecified atom stereocenters. The molecule has 4 heteroatoms. The standard InChI is InChI=1S/C23H46O4/c1-10-21(11-2,12-3)24-26-23(17-16-19(7)20(8,9)18-23)27-25-22(13-4,14-5)15-6/h19H,10-18H2,1-9H3. The van der Waals surface area contributed by atoms with Gasteiger partial charge in [0.1, 0.15) is 11.2 Å². The maximum Gasteiger partial charge on any atom is 0.234 e. The molecule has 1 rings (SSSR count). The fraction of sp³-hybridized carbons (Fsp3) is 1.00. The summed E-state index contributed by atoms with van der Waals surface area (Å²) in [6, 6.07) is 0. The first-order valence-corrected chi connectivity index (χ1v) is 11.3. The molecule has 0 aromatic rings. The third-order valence-electron chi connectivity index (χ3n) is 7.62. The van der Waals surface area contributed by atoms with Gasteiger partial charge in [0.25, 0.3) is 0 Å². The Morgan fingerprint density at radius 3 is 1.41 bits per heavy atom. The van der Waals surface area contributed by atoms with E-state index in [1.54, 1.807) is 0 Å². The molecule has 0 saturated heterocycles. The van der Waals surface area contributed by atoms with E-state index in [0.717, 1.165) is 57.8 Å². The molecular weight excluding hydrogens is 340 g/mol. The minimum Gasteiger partial charge on any atom is -0.227 e. The molecule has 162 valence electrons. The first-order chi connectivity index (χ1) is 12.6. The molecule has 1 aliphatic carbocycles. The first kappa shape index (κ1) is 24.9. The molecule has 0 aromatic carbocycles. The minimum absolute atomic E-state index is 0.103. The summed E-state index contributed by atoms with van der Waals surface area (Å²) in [5, 5.41) is 0. The Kier molecular flexibility index (Phi) is 9.26. The topological polar surface area (TPSA) is 36.9 Å². The van der Waals surface area contributed by atoms with Gasteiger partial charge >= 0.3 is 0 Å². The van der Waals surface area contributed by atoms with Crippen molar-refractivity contribution in [2.24, 2.45) is 11.3 Å². The molecule has 1 fully saturated rings. The smallest absolute Gasteiger partial charge is 0.227 e. The Labute approximate surface area is 168 Å². The second-order valence-electron chi connectivity index (χ2n) is 9.34. The van der Waals surface area contributed by atoms with Crippen molar-refractivity contribution in [3.8, 4) is 0 Å². The Morgan fingerprint density at radius 1 is 0.741 bits per heavy atom. The molecule has 1 saturated carbocycles. The monoisotopic (exact) mass is 386 g/mol. The van der Waals surface area contributed by atoms with Gasteiger partial charge in [-0.3, -0.25) is 0 Å². The Balaban J connectivity index is 3.03. The van der Waals surface area contributed by atoms with Crippen LogP contribution in [0.4, 0.5) is 0 Å². The SMILES string of the molecule is CCC(CC)(CC)OOC1(OOC(CC)(CC)CC)CCC(C)C(C)(C)C1. The summed E-state index contributed by atoms with van der Waals surface area (Å²) >= 11 is 0. The van der Waals surface area contributed by atoms with Crippen LogP contribution in [0.15, 0.2) is 0 Å². The lowest BCUT2D eigenvalue weighted by Gasteiger charge is -2.47. The average Bonchev–Trinajstić information content (AvgIpc) is 2.68. The van der Waals surface area contributed by atoms with Crippen molar-refractivity contribution in [1.29, 1.82) is 0 Å². The zero-order chi connectivity index (χ0) is 20.8. The summed E-state index contributed by atoms with van der Waals surface area (Å²) in [7, 11) is 0. The average molecular weight is 387 g/mol. The van der Waals surface area contributed by atoms with E-state index in [4.69, 9.17) is 19.6 Å². The Morgan fingerprint density at radius 2 is 1.11 bits per heavy atom. The zero-order valence-corrected chi connectivity index (χ0v) is 19.6. The minimum atomic E-state index is -0.842. The van der Waals surface area contributed by atoms with Gasteiger partial charge in [0.2, 0.25) is 5.79 Å². The van der Waals surface area contributed by atoms with Gasteiger partial charge in [-0.05, 0) is 56.3 Å². The number of hydrogen-bond acceptors (Lipinski definition) is 4. The van der Waals surface area contributed by atoms with Crippen LogP contribution in [-0.2, 0) is 19.6 Å². The second kappa shape index (κ2) is 10.0. The van der Waals surface area contributed by atoms with Gasteiger partial charge < -0.3 is 0 Å². The van der Waals surface area contributed by atoms with Crippen LogP contribution in [-0.4, -0.2) is 17.0 Å². The van der Waals surface area contributed by atoms with Gasteiger partial charge in [0.15, 0.2) is 0 Å². The fourth-order valence-electron chi connectivity index (χ4n) is 4.12. The van der Waals surface area contributed by atoms with Crippen LogP contribution in [0.5, 0.6) is 0 Å². The van der Waals surface area contributed by atoms with E-state index in [1.165, 1.54) is 0 Å². The quantitative estimate of drug-likeness (QED) is 0.199. The van der Waals surface area contributed by atoms with Gasteiger partial charge in [0.05, 0.1) is 0 Å². The zero-order valence-electron chi connectivity index (χ0n) is 19.6. The molecule has 0 spiro atoms. The molecule has 0 amide bonds. The second-order valence-corrected chi connectivity index (χ2v) is 9.34. The van der Waals surface area contributed by atoms with Gasteiger partial charge in [-0.25, -0.2) is 9.78 Å². The maximum atomic E-state index is 6.17. The summed E-state index contributed by atoms with van der Waals surface area (Å²) in [6.45, 7) is 19.8. The van der Waals surface area contributed by atoms with Gasteiger partial charge in [-0.2, -0.15) is 9.78 Å². The van der Waals surface area contributed by atoms with Crippen molar-refractivity contribution in [3.05, 3.63) is 0 Å². The number of hydrogen-bond donors (Lipinski definition) is 0. The van der Waals surface area contributed by atoms with Crippen molar-refractivity contribution in [2.45, 2.75) is 137 Å². The number of rotatable bonds is 12. The van der Waals surface area contributed by atoms with Gasteiger partial charge in [-0.15, -0.1) is 0 Å². The van der Waals surface area contributed by atoms with E-state index in [9.17, 15) is 0 Å². The molecule has 1 aliphatic rings. The molecule has 0 heterocycles. The van der Waals surface area contributed by atoms with Crippen molar-refractivity contribution in [1.82, 2.24) is 0 Å². The fourth-order valence-corrected chi connectivity index (χ4v) is 4.12. The van der Waals surface area contributed by atoms with Crippen LogP contribution in [0.3, 0.4) is 0 Å². The van der Waals surface area contributed by atoms with Crippen molar-refractivity contribution >= 4 is 0 Å². The molecule has 27 heavy (non-hydrogen) atoms. The largest absolute Gasteiger partial charge is 0.234 e. The third-order valence-corrected chi connectivity index (χ3v) is 7.62. The highest BCUT2D eigenvalue weighted by molar-refractivity contribution is 4.89. The van der Waals surface area contributed by atoms with E-state index in [1.807, 2.05) is 0 Å². The molecule has 0 N–H and O–H groups in total. The van der Waals surface area contributed by atoms with Gasteiger partial charge in [0, 0.05) is 12.8 Å². The maximum absolute atomic E-state index is 6.17. The highest BCUT2D eigenvalue weighted by Gasteiger charge is 2.50. The lowest BCUT2D eigenvalue weighted by Crippen LogP contribution is -2.50. The van der Waals surface area contributed by atoms with Crippen molar-refractivity contribution < 1.29 is 19.6 Å². The summed E-state index contributed by atoms with van der Waals surface area (Å²) in [4.78, 5) is 24.6. The van der Waals surface area contributed by atoms with E-state index in [0.29, 0.717) is 5.92 Å². The third kappa shape index (κ3) is 5.91. The van der Waals surface area contributed by atoms with E-state index in [2.05, 4.69) is 62.3 Å². The molecule has 1 atom stereocenters. The summed E-state index contributed by atoms with van der Waals surface area (Å²) < 4.78 is 0. The van der Waals surface area contributed by atoms with Crippen LogP contribution in [0.25, 0.3) is 0 Å². The molecular formula is C23H46O4. The van der Waals surface area contributed by atoms with E-state index < -0.39 is 5.79 Å². The lowest BCUT2D eigenvalue weighted by molar-refractivity contribution is -0.557. The highest BCUT2D eigenvalue weighted by atomic mass is 17.3. The first-order valence-electron chi connectivity index (χ1n) is 11.3. The normalized spacial score (nSPS) is 22.8. The summed E-state index contributed by atoms with van der Waals surface area (Å²) in [5.74, 6) is -0.231. The van der Waals surface area contributed by atoms with E-state index in [-0.39, 0.29) is 16.6 Å².